The van der Waals surface area contributed by atoms with Gasteiger partial charge in [-0.1, -0.05) is 79.7 Å². The molecule has 3 aromatic carbocycles. The molecule has 1 aliphatic rings. The van der Waals surface area contributed by atoms with Gasteiger partial charge in [-0.3, -0.25) is 4.79 Å². The zero-order chi connectivity index (χ0) is 28.9. The van der Waals surface area contributed by atoms with Crippen LogP contribution in [0, 0.1) is 5.92 Å². The Kier molecular flexibility index (Phi) is 8.12. The van der Waals surface area contributed by atoms with Gasteiger partial charge < -0.3 is 19.1 Å². The number of anilines is 1. The summed E-state index contributed by atoms with van der Waals surface area (Å²) in [7, 11) is 0. The molecule has 8 nitrogen and oxygen atoms in total. The average Bonchev–Trinajstić information content (AvgIpc) is 3.26. The van der Waals surface area contributed by atoms with Crippen molar-refractivity contribution < 1.29 is 14.1 Å². The number of carbonyl (C=O) groups excluding carboxylic acids is 1. The first-order chi connectivity index (χ1) is 20.5. The zero-order valence-electron chi connectivity index (χ0n) is 24.1. The quantitative estimate of drug-likeness (QED) is 0.212. The highest BCUT2D eigenvalue weighted by atomic mass is 16.5. The molecule has 0 N–H and O–H groups in total. The molecule has 2 aromatic heterocycles. The van der Waals surface area contributed by atoms with Crippen LogP contribution in [0.3, 0.4) is 0 Å². The van der Waals surface area contributed by atoms with Crippen LogP contribution in [0.2, 0.25) is 0 Å². The van der Waals surface area contributed by atoms with Crippen LogP contribution in [-0.2, 0) is 17.6 Å². The summed E-state index contributed by atoms with van der Waals surface area (Å²) in [6, 6.07) is 27.4. The summed E-state index contributed by atoms with van der Waals surface area (Å²) in [5, 5.41) is 5.26. The number of benzene rings is 3. The van der Waals surface area contributed by atoms with Crippen molar-refractivity contribution in [1.29, 1.82) is 0 Å². The minimum Gasteiger partial charge on any atom is -0.457 e. The molecule has 1 amide bonds. The van der Waals surface area contributed by atoms with E-state index in [1.807, 2.05) is 89.8 Å². The third-order valence-electron chi connectivity index (χ3n) is 7.39. The minimum atomic E-state index is 0.150. The van der Waals surface area contributed by atoms with Crippen LogP contribution >= 0.6 is 0 Å². The molecular weight excluding hydrogens is 526 g/mol. The number of nitrogens with zero attached hydrogens (tertiary/aromatic N) is 5. The molecule has 8 heteroatoms. The fourth-order valence-corrected chi connectivity index (χ4v) is 5.35. The molecule has 0 aliphatic carbocycles. The van der Waals surface area contributed by atoms with E-state index in [4.69, 9.17) is 19.2 Å². The SMILES string of the molecule is CC(C)Cc1nc(N2CCCN(C(=O)Cc3ccccc3)CC2)c2c(-c3cccc(Oc4ccccc4)c3)noc2n1. The lowest BCUT2D eigenvalue weighted by molar-refractivity contribution is -0.130. The fourth-order valence-electron chi connectivity index (χ4n) is 5.35. The van der Waals surface area contributed by atoms with Crippen molar-refractivity contribution in [2.24, 2.45) is 5.92 Å². The molecule has 1 fully saturated rings. The van der Waals surface area contributed by atoms with Crippen molar-refractivity contribution in [1.82, 2.24) is 20.0 Å². The van der Waals surface area contributed by atoms with Gasteiger partial charge in [0.1, 0.15) is 34.2 Å². The lowest BCUT2D eigenvalue weighted by Gasteiger charge is -2.24. The van der Waals surface area contributed by atoms with Crippen LogP contribution < -0.4 is 9.64 Å². The van der Waals surface area contributed by atoms with E-state index in [0.717, 1.165) is 53.3 Å². The first-order valence-electron chi connectivity index (χ1n) is 14.6. The summed E-state index contributed by atoms with van der Waals surface area (Å²) in [6.07, 6.45) is 1.98. The first-order valence-corrected chi connectivity index (χ1v) is 14.6. The molecule has 5 aromatic rings. The van der Waals surface area contributed by atoms with Crippen LogP contribution in [0.1, 0.15) is 31.7 Å². The van der Waals surface area contributed by atoms with Crippen molar-refractivity contribution in [2.45, 2.75) is 33.1 Å². The van der Waals surface area contributed by atoms with Crippen LogP contribution in [0.4, 0.5) is 5.82 Å². The third-order valence-corrected chi connectivity index (χ3v) is 7.39. The second-order valence-corrected chi connectivity index (χ2v) is 11.1. The summed E-state index contributed by atoms with van der Waals surface area (Å²) in [5.74, 6) is 3.54. The number of aromatic nitrogens is 3. The average molecular weight is 562 g/mol. The number of hydrogen-bond donors (Lipinski definition) is 0. The Morgan fingerprint density at radius 1 is 0.881 bits per heavy atom. The summed E-state index contributed by atoms with van der Waals surface area (Å²) in [5.41, 5.74) is 3.04. The van der Waals surface area contributed by atoms with E-state index in [0.29, 0.717) is 49.1 Å². The summed E-state index contributed by atoms with van der Waals surface area (Å²) in [4.78, 5) is 27.2. The van der Waals surface area contributed by atoms with Gasteiger partial charge in [0.2, 0.25) is 5.91 Å². The van der Waals surface area contributed by atoms with Gasteiger partial charge in [0.25, 0.3) is 5.71 Å². The molecule has 1 saturated heterocycles. The predicted molar refractivity (Wildman–Crippen MR) is 164 cm³/mol. The summed E-state index contributed by atoms with van der Waals surface area (Å²) >= 11 is 0. The molecule has 0 bridgehead atoms. The number of hydrogen-bond acceptors (Lipinski definition) is 7. The number of ether oxygens (including phenoxy) is 1. The highest BCUT2D eigenvalue weighted by molar-refractivity contribution is 5.98. The van der Waals surface area contributed by atoms with E-state index < -0.39 is 0 Å². The van der Waals surface area contributed by atoms with Crippen molar-refractivity contribution in [3.8, 4) is 22.8 Å². The molecule has 0 saturated carbocycles. The van der Waals surface area contributed by atoms with Gasteiger partial charge in [0, 0.05) is 38.2 Å². The maximum atomic E-state index is 13.2. The Bertz CT molecular complexity index is 1650. The fraction of sp³-hybridized carbons (Fsp3) is 0.294. The Labute approximate surface area is 245 Å². The van der Waals surface area contributed by atoms with Crippen LogP contribution in [0.5, 0.6) is 11.5 Å². The van der Waals surface area contributed by atoms with E-state index in [-0.39, 0.29) is 5.91 Å². The molecular formula is C34H35N5O3. The van der Waals surface area contributed by atoms with Gasteiger partial charge in [-0.05, 0) is 42.2 Å². The van der Waals surface area contributed by atoms with Gasteiger partial charge >= 0.3 is 0 Å². The number of carbonyl (C=O) groups is 1. The highest BCUT2D eigenvalue weighted by Crippen LogP contribution is 2.36. The van der Waals surface area contributed by atoms with Gasteiger partial charge in [-0.2, -0.15) is 4.98 Å². The number of para-hydroxylation sites is 1. The van der Waals surface area contributed by atoms with Crippen molar-refractivity contribution in [2.75, 3.05) is 31.1 Å². The van der Waals surface area contributed by atoms with Crippen LogP contribution in [-0.4, -0.2) is 52.1 Å². The molecule has 0 atom stereocenters. The van der Waals surface area contributed by atoms with Gasteiger partial charge in [0.15, 0.2) is 0 Å². The molecule has 6 rings (SSSR count). The number of amides is 1. The standard InChI is InChI=1S/C34H35N5O3/c1-24(2)21-29-35-33(39-18-10-17-38(19-20-39)30(40)22-25-11-5-3-6-12-25)31-32(37-42-34(31)36-29)26-13-9-16-28(23-26)41-27-14-7-4-8-15-27/h3-9,11-16,23-24H,10,17-22H2,1-2H3. The lowest BCUT2D eigenvalue weighted by atomic mass is 10.1. The monoisotopic (exact) mass is 561 g/mol. The Balaban J connectivity index is 1.31. The number of rotatable bonds is 8. The molecule has 3 heterocycles. The van der Waals surface area contributed by atoms with Gasteiger partial charge in [0.05, 0.1) is 6.42 Å². The largest absolute Gasteiger partial charge is 0.457 e. The van der Waals surface area contributed by atoms with E-state index in [2.05, 4.69) is 23.9 Å². The molecule has 0 spiro atoms. The lowest BCUT2D eigenvalue weighted by Crippen LogP contribution is -2.36. The Morgan fingerprint density at radius 3 is 2.43 bits per heavy atom. The number of fused-ring (bicyclic) bond motifs is 1. The highest BCUT2D eigenvalue weighted by Gasteiger charge is 2.26. The van der Waals surface area contributed by atoms with E-state index >= 15 is 0 Å². The third kappa shape index (κ3) is 6.28. The summed E-state index contributed by atoms with van der Waals surface area (Å²) < 4.78 is 11.9. The minimum absolute atomic E-state index is 0.150. The van der Waals surface area contributed by atoms with Crippen LogP contribution in [0.15, 0.2) is 89.5 Å². The van der Waals surface area contributed by atoms with E-state index in [1.54, 1.807) is 0 Å². The Hall–Kier alpha value is -4.72. The predicted octanol–water partition coefficient (Wildman–Crippen LogP) is 6.56. The van der Waals surface area contributed by atoms with Gasteiger partial charge in [-0.25, -0.2) is 4.98 Å². The zero-order valence-corrected chi connectivity index (χ0v) is 24.1. The molecule has 1 aliphatic heterocycles. The summed E-state index contributed by atoms with van der Waals surface area (Å²) in [6.45, 7) is 7.07. The van der Waals surface area contributed by atoms with Crippen molar-refractivity contribution in [3.05, 3.63) is 96.3 Å². The topological polar surface area (TPSA) is 84.6 Å². The normalized spacial score (nSPS) is 13.9. The Morgan fingerprint density at radius 2 is 1.64 bits per heavy atom. The first kappa shape index (κ1) is 27.4. The molecule has 0 unspecified atom stereocenters. The maximum Gasteiger partial charge on any atom is 0.263 e. The second kappa shape index (κ2) is 12.4. The van der Waals surface area contributed by atoms with Crippen molar-refractivity contribution >= 4 is 22.8 Å². The van der Waals surface area contributed by atoms with Gasteiger partial charge in [-0.15, -0.1) is 0 Å². The molecule has 214 valence electrons. The van der Waals surface area contributed by atoms with E-state index in [1.165, 1.54) is 0 Å². The second-order valence-electron chi connectivity index (χ2n) is 11.1. The van der Waals surface area contributed by atoms with Crippen LogP contribution in [0.25, 0.3) is 22.4 Å². The smallest absolute Gasteiger partial charge is 0.263 e. The molecule has 0 radical (unpaired) electrons. The van der Waals surface area contributed by atoms with E-state index in [9.17, 15) is 4.79 Å². The van der Waals surface area contributed by atoms with Crippen molar-refractivity contribution in [3.63, 3.8) is 0 Å². The maximum absolute atomic E-state index is 13.2. The molecule has 42 heavy (non-hydrogen) atoms.